The Kier molecular flexibility index (Phi) is 16.1. The van der Waals surface area contributed by atoms with Crippen molar-refractivity contribution < 1.29 is 33.5 Å². The number of hydrogen-bond donors (Lipinski definition) is 6. The van der Waals surface area contributed by atoms with Crippen LogP contribution < -0.4 is 32.3 Å². The van der Waals surface area contributed by atoms with Gasteiger partial charge in [-0.15, -0.1) is 11.3 Å². The van der Waals surface area contributed by atoms with Gasteiger partial charge in [0.25, 0.3) is 5.91 Å². The first kappa shape index (κ1) is 41.9. The minimum Gasteiger partial charge on any atom is -0.465 e. The Morgan fingerprint density at radius 2 is 1.34 bits per heavy atom. The molecule has 1 aromatic carbocycles. The summed E-state index contributed by atoms with van der Waals surface area (Å²) in [5.74, 6) is -4.05. The van der Waals surface area contributed by atoms with E-state index in [1.807, 2.05) is 52.0 Å². The highest BCUT2D eigenvalue weighted by Crippen LogP contribution is 2.35. The van der Waals surface area contributed by atoms with E-state index in [0.29, 0.717) is 12.0 Å². The standard InChI is InChI=1S/C36H54N6O7S/c1-11-23(24-15-13-12-14-21(24)8)30(43)42-35-25(36(48)49-10)22(9)29(50-35)34(47)39-17-16-38-32(45)27(19(4)5)41-33(46)28(20(6)7)40-31(44)26(37)18(2)3/h12-15,18-20,23,26-28H,11,16-17,37H2,1-10H3,(H,38,45)(H,39,47)(H,40,44)(H,41,46)(H,42,43)/t23?,26-,27-,28-/m0/s1. The van der Waals surface area contributed by atoms with Gasteiger partial charge in [-0.2, -0.15) is 0 Å². The number of esters is 1. The van der Waals surface area contributed by atoms with Gasteiger partial charge < -0.3 is 37.1 Å². The third kappa shape index (κ3) is 10.8. The average Bonchev–Trinajstić information content (AvgIpc) is 3.38. The molecular formula is C36H54N6O7S. The van der Waals surface area contributed by atoms with Gasteiger partial charge in [0.2, 0.25) is 23.6 Å². The molecule has 13 nitrogen and oxygen atoms in total. The summed E-state index contributed by atoms with van der Waals surface area (Å²) in [6.45, 7) is 16.3. The fourth-order valence-corrected chi connectivity index (χ4v) is 6.42. The lowest BCUT2D eigenvalue weighted by Gasteiger charge is -2.28. The molecule has 0 aliphatic heterocycles. The summed E-state index contributed by atoms with van der Waals surface area (Å²) in [6, 6.07) is 5.01. The molecule has 50 heavy (non-hydrogen) atoms. The molecule has 2 aromatic rings. The lowest BCUT2D eigenvalue weighted by atomic mass is 9.92. The van der Waals surface area contributed by atoms with Crippen LogP contribution in [0, 0.1) is 31.6 Å². The summed E-state index contributed by atoms with van der Waals surface area (Å²) in [7, 11) is 1.23. The zero-order valence-corrected chi connectivity index (χ0v) is 31.6. The van der Waals surface area contributed by atoms with Crippen LogP contribution in [0.25, 0.3) is 0 Å². The maximum Gasteiger partial charge on any atom is 0.341 e. The molecule has 0 saturated heterocycles. The minimum absolute atomic E-state index is 0.0406. The normalized spacial score (nSPS) is 13.6. The second-order valence-corrected chi connectivity index (χ2v) is 14.4. The summed E-state index contributed by atoms with van der Waals surface area (Å²) in [5, 5.41) is 14.0. The van der Waals surface area contributed by atoms with Crippen LogP contribution in [-0.4, -0.2) is 73.8 Å². The number of nitrogens with one attached hydrogen (secondary N) is 5. The van der Waals surface area contributed by atoms with Crippen molar-refractivity contribution in [2.24, 2.45) is 23.5 Å². The maximum absolute atomic E-state index is 13.4. The van der Waals surface area contributed by atoms with Crippen molar-refractivity contribution >= 4 is 51.8 Å². The van der Waals surface area contributed by atoms with E-state index in [0.717, 1.165) is 22.5 Å². The number of hydrogen-bond acceptors (Lipinski definition) is 9. The van der Waals surface area contributed by atoms with E-state index in [4.69, 9.17) is 10.5 Å². The molecule has 0 radical (unpaired) electrons. The van der Waals surface area contributed by atoms with Gasteiger partial charge in [0.05, 0.1) is 29.5 Å². The van der Waals surface area contributed by atoms with Crippen LogP contribution >= 0.6 is 11.3 Å². The molecule has 0 fully saturated rings. The minimum atomic E-state index is -0.907. The van der Waals surface area contributed by atoms with Crippen LogP contribution in [-0.2, 0) is 23.9 Å². The van der Waals surface area contributed by atoms with Gasteiger partial charge in [0, 0.05) is 13.1 Å². The molecule has 0 saturated carbocycles. The van der Waals surface area contributed by atoms with E-state index in [2.05, 4.69) is 26.6 Å². The number of thiophene rings is 1. The summed E-state index contributed by atoms with van der Waals surface area (Å²) < 4.78 is 4.96. The average molecular weight is 715 g/mol. The summed E-state index contributed by atoms with van der Waals surface area (Å²) in [5.41, 5.74) is 8.25. The maximum atomic E-state index is 13.4. The molecule has 0 bridgehead atoms. The number of ether oxygens (including phenoxy) is 1. The van der Waals surface area contributed by atoms with Crippen LogP contribution in [0.15, 0.2) is 24.3 Å². The first-order valence-corrected chi connectivity index (χ1v) is 17.8. The highest BCUT2D eigenvalue weighted by molar-refractivity contribution is 7.18. The number of carbonyl (C=O) groups is 6. The summed E-state index contributed by atoms with van der Waals surface area (Å²) >= 11 is 0.968. The topological polar surface area (TPSA) is 198 Å². The Morgan fingerprint density at radius 1 is 0.780 bits per heavy atom. The molecule has 5 amide bonds. The SMILES string of the molecule is CCC(C(=O)Nc1sc(C(=O)NCCNC(=O)[C@@H](NC(=O)[C@@H](NC(=O)[C@@H](N)C(C)C)C(C)C)C(C)C)c(C)c1C(=O)OC)c1ccccc1C. The molecule has 0 aliphatic carbocycles. The van der Waals surface area contributed by atoms with Crippen molar-refractivity contribution in [1.29, 1.82) is 0 Å². The predicted octanol–water partition coefficient (Wildman–Crippen LogP) is 3.39. The van der Waals surface area contributed by atoms with E-state index < -0.39 is 53.6 Å². The van der Waals surface area contributed by atoms with E-state index in [1.54, 1.807) is 34.6 Å². The number of anilines is 1. The molecule has 276 valence electrons. The second-order valence-electron chi connectivity index (χ2n) is 13.3. The van der Waals surface area contributed by atoms with Crippen LogP contribution in [0.1, 0.15) is 97.5 Å². The van der Waals surface area contributed by atoms with Crippen molar-refractivity contribution in [2.45, 2.75) is 92.8 Å². The van der Waals surface area contributed by atoms with E-state index in [9.17, 15) is 28.8 Å². The van der Waals surface area contributed by atoms with Gasteiger partial charge in [-0.05, 0) is 54.7 Å². The highest BCUT2D eigenvalue weighted by atomic mass is 32.1. The monoisotopic (exact) mass is 714 g/mol. The number of nitrogens with two attached hydrogens (primary N) is 1. The van der Waals surface area contributed by atoms with Gasteiger partial charge in [0.15, 0.2) is 0 Å². The van der Waals surface area contributed by atoms with Gasteiger partial charge in [-0.1, -0.05) is 72.7 Å². The van der Waals surface area contributed by atoms with Crippen molar-refractivity contribution in [1.82, 2.24) is 21.3 Å². The van der Waals surface area contributed by atoms with Crippen LogP contribution in [0.4, 0.5) is 5.00 Å². The van der Waals surface area contributed by atoms with Crippen LogP contribution in [0.3, 0.4) is 0 Å². The Labute approximate surface area is 299 Å². The van der Waals surface area contributed by atoms with E-state index in [1.165, 1.54) is 7.11 Å². The second kappa shape index (κ2) is 19.2. The van der Waals surface area contributed by atoms with Crippen LogP contribution in [0.2, 0.25) is 0 Å². The van der Waals surface area contributed by atoms with E-state index >= 15 is 0 Å². The Morgan fingerprint density at radius 3 is 1.88 bits per heavy atom. The Balaban J connectivity index is 2.10. The van der Waals surface area contributed by atoms with Gasteiger partial charge >= 0.3 is 5.97 Å². The zero-order valence-electron chi connectivity index (χ0n) is 30.8. The lowest BCUT2D eigenvalue weighted by molar-refractivity contribution is -0.134. The molecule has 1 heterocycles. The van der Waals surface area contributed by atoms with Crippen molar-refractivity contribution in [2.75, 3.05) is 25.5 Å². The number of benzene rings is 1. The number of carbonyl (C=O) groups excluding carboxylic acids is 6. The quantitative estimate of drug-likeness (QED) is 0.106. The smallest absolute Gasteiger partial charge is 0.341 e. The first-order chi connectivity index (χ1) is 23.5. The van der Waals surface area contributed by atoms with Crippen molar-refractivity contribution in [3.8, 4) is 0 Å². The van der Waals surface area contributed by atoms with Gasteiger partial charge in [-0.3, -0.25) is 24.0 Å². The molecule has 1 aromatic heterocycles. The number of amides is 5. The van der Waals surface area contributed by atoms with Crippen LogP contribution in [0.5, 0.6) is 0 Å². The fourth-order valence-electron chi connectivity index (χ4n) is 5.31. The Bertz CT molecular complexity index is 1540. The Hall–Kier alpha value is -4.30. The summed E-state index contributed by atoms with van der Waals surface area (Å²) in [6.07, 6.45) is 0.525. The third-order valence-corrected chi connectivity index (χ3v) is 9.70. The molecular weight excluding hydrogens is 660 g/mol. The molecule has 1 unspecified atom stereocenters. The first-order valence-electron chi connectivity index (χ1n) is 17.0. The summed E-state index contributed by atoms with van der Waals surface area (Å²) in [4.78, 5) is 78.5. The largest absolute Gasteiger partial charge is 0.465 e. The zero-order chi connectivity index (χ0) is 37.9. The van der Waals surface area contributed by atoms with Gasteiger partial charge in [-0.25, -0.2) is 4.79 Å². The molecule has 14 heteroatoms. The molecule has 4 atom stereocenters. The lowest BCUT2D eigenvalue weighted by Crippen LogP contribution is -2.59. The van der Waals surface area contributed by atoms with Crippen molar-refractivity contribution in [3.05, 3.63) is 51.4 Å². The predicted molar refractivity (Wildman–Crippen MR) is 195 cm³/mol. The van der Waals surface area contributed by atoms with E-state index in [-0.39, 0.29) is 52.2 Å². The van der Waals surface area contributed by atoms with Gasteiger partial charge in [0.1, 0.15) is 17.1 Å². The number of rotatable bonds is 17. The molecule has 7 N–H and O–H groups in total. The molecule has 0 spiro atoms. The fraction of sp³-hybridized carbons (Fsp3) is 0.556. The number of aryl methyl sites for hydroxylation is 1. The molecule has 2 rings (SSSR count). The highest BCUT2D eigenvalue weighted by Gasteiger charge is 2.32. The molecule has 0 aliphatic rings. The third-order valence-electron chi connectivity index (χ3n) is 8.49. The van der Waals surface area contributed by atoms with Crippen molar-refractivity contribution in [3.63, 3.8) is 0 Å². The number of methoxy groups -OCH3 is 1.